The molecule has 0 fully saturated rings. The van der Waals surface area contributed by atoms with E-state index in [4.69, 9.17) is 11.6 Å². The summed E-state index contributed by atoms with van der Waals surface area (Å²) in [6.07, 6.45) is 1.72. The van der Waals surface area contributed by atoms with Gasteiger partial charge in [-0.25, -0.2) is 4.98 Å². The van der Waals surface area contributed by atoms with Gasteiger partial charge >= 0.3 is 0 Å². The van der Waals surface area contributed by atoms with Crippen molar-refractivity contribution in [2.75, 3.05) is 0 Å². The molecule has 1 aromatic carbocycles. The van der Waals surface area contributed by atoms with Gasteiger partial charge in [0.15, 0.2) is 0 Å². The first kappa shape index (κ1) is 8.97. The Morgan fingerprint density at radius 1 is 1.31 bits per heavy atom. The van der Waals surface area contributed by atoms with Crippen molar-refractivity contribution >= 4 is 38.3 Å². The van der Waals surface area contributed by atoms with E-state index >= 15 is 0 Å². The molecule has 0 saturated carbocycles. The monoisotopic (exact) mass is 255 g/mol. The summed E-state index contributed by atoms with van der Waals surface area (Å²) in [6, 6.07) is 8.12. The molecule has 0 bridgehead atoms. The predicted molar refractivity (Wildman–Crippen MR) is 59.4 cm³/mol. The zero-order valence-corrected chi connectivity index (χ0v) is 9.14. The summed E-state index contributed by atoms with van der Waals surface area (Å²) in [5, 5.41) is 3.58. The van der Waals surface area contributed by atoms with Crippen LogP contribution < -0.4 is 0 Å². The fraction of sp³-hybridized carbons (Fsp3) is 0.100. The molecule has 1 aromatic heterocycles. The first-order valence-corrected chi connectivity index (χ1v) is 5.40. The zero-order chi connectivity index (χ0) is 9.26. The van der Waals surface area contributed by atoms with Crippen LogP contribution in [0.2, 0.25) is 5.15 Å². The molecule has 0 spiro atoms. The topological polar surface area (TPSA) is 12.9 Å². The van der Waals surface area contributed by atoms with Gasteiger partial charge in [-0.15, -0.1) is 0 Å². The van der Waals surface area contributed by atoms with Crippen LogP contribution in [0.4, 0.5) is 0 Å². The lowest BCUT2D eigenvalue weighted by Crippen LogP contribution is -1.81. The predicted octanol–water partition coefficient (Wildman–Crippen LogP) is 3.78. The van der Waals surface area contributed by atoms with Crippen molar-refractivity contribution in [2.45, 2.75) is 5.33 Å². The minimum absolute atomic E-state index is 0.568. The second-order valence-corrected chi connectivity index (χ2v) is 3.71. The van der Waals surface area contributed by atoms with Gasteiger partial charge in [0.25, 0.3) is 0 Å². The number of rotatable bonds is 1. The van der Waals surface area contributed by atoms with E-state index in [1.165, 1.54) is 5.56 Å². The van der Waals surface area contributed by atoms with Crippen molar-refractivity contribution in [3.63, 3.8) is 0 Å². The fourth-order valence-electron chi connectivity index (χ4n) is 1.27. The molecule has 0 N–H and O–H groups in total. The summed E-state index contributed by atoms with van der Waals surface area (Å²) in [4.78, 5) is 4.02. The Morgan fingerprint density at radius 3 is 2.92 bits per heavy atom. The van der Waals surface area contributed by atoms with Crippen LogP contribution in [0, 0.1) is 0 Å². The standard InChI is InChI=1S/C10H7BrClN/c11-6-7-1-2-9-8(5-7)3-4-13-10(9)12/h1-5H,6H2. The van der Waals surface area contributed by atoms with Crippen LogP contribution in [0.3, 0.4) is 0 Å². The summed E-state index contributed by atoms with van der Waals surface area (Å²) in [5.74, 6) is 0. The quantitative estimate of drug-likeness (QED) is 0.559. The Kier molecular flexibility index (Phi) is 2.51. The third-order valence-corrected chi connectivity index (χ3v) is 2.88. The summed E-state index contributed by atoms with van der Waals surface area (Å²) in [5.41, 5.74) is 1.25. The molecule has 3 heteroatoms. The molecule has 1 heterocycles. The van der Waals surface area contributed by atoms with Crippen LogP contribution in [0.5, 0.6) is 0 Å². The van der Waals surface area contributed by atoms with Gasteiger partial charge in [-0.05, 0) is 17.0 Å². The fourth-order valence-corrected chi connectivity index (χ4v) is 1.85. The molecule has 0 saturated heterocycles. The van der Waals surface area contributed by atoms with Gasteiger partial charge in [-0.2, -0.15) is 0 Å². The molecule has 0 aliphatic rings. The first-order chi connectivity index (χ1) is 6.31. The van der Waals surface area contributed by atoms with Crippen molar-refractivity contribution < 1.29 is 0 Å². The largest absolute Gasteiger partial charge is 0.244 e. The summed E-state index contributed by atoms with van der Waals surface area (Å²) in [7, 11) is 0. The molecule has 0 radical (unpaired) electrons. The average molecular weight is 257 g/mol. The number of hydrogen-bond donors (Lipinski definition) is 0. The van der Waals surface area contributed by atoms with Crippen molar-refractivity contribution in [1.82, 2.24) is 4.98 Å². The summed E-state index contributed by atoms with van der Waals surface area (Å²) < 4.78 is 0. The molecule has 13 heavy (non-hydrogen) atoms. The highest BCUT2D eigenvalue weighted by molar-refractivity contribution is 9.08. The highest BCUT2D eigenvalue weighted by Crippen LogP contribution is 2.22. The molecule has 2 rings (SSSR count). The SMILES string of the molecule is Clc1nccc2cc(CBr)ccc12. The smallest absolute Gasteiger partial charge is 0.136 e. The summed E-state index contributed by atoms with van der Waals surface area (Å²) >= 11 is 9.34. The van der Waals surface area contributed by atoms with E-state index in [1.807, 2.05) is 18.2 Å². The lowest BCUT2D eigenvalue weighted by Gasteiger charge is -2.01. The number of halogens is 2. The normalized spacial score (nSPS) is 10.6. The van der Waals surface area contributed by atoms with Crippen molar-refractivity contribution in [3.8, 4) is 0 Å². The molecule has 2 aromatic rings. The minimum Gasteiger partial charge on any atom is -0.244 e. The Morgan fingerprint density at radius 2 is 2.15 bits per heavy atom. The highest BCUT2D eigenvalue weighted by Gasteiger charge is 1.99. The van der Waals surface area contributed by atoms with Crippen LogP contribution in [0.15, 0.2) is 30.5 Å². The molecule has 0 unspecified atom stereocenters. The van der Waals surface area contributed by atoms with Crippen molar-refractivity contribution in [1.29, 1.82) is 0 Å². The number of nitrogens with zero attached hydrogens (tertiary/aromatic N) is 1. The van der Waals surface area contributed by atoms with Gasteiger partial charge in [-0.1, -0.05) is 45.7 Å². The van der Waals surface area contributed by atoms with Crippen molar-refractivity contribution in [3.05, 3.63) is 41.2 Å². The van der Waals surface area contributed by atoms with Crippen molar-refractivity contribution in [2.24, 2.45) is 0 Å². The number of hydrogen-bond acceptors (Lipinski definition) is 1. The van der Waals surface area contributed by atoms with E-state index in [9.17, 15) is 0 Å². The third kappa shape index (κ3) is 1.69. The molecular formula is C10H7BrClN. The number of aromatic nitrogens is 1. The molecule has 0 atom stereocenters. The van der Waals surface area contributed by atoms with E-state index < -0.39 is 0 Å². The maximum atomic E-state index is 5.93. The highest BCUT2D eigenvalue weighted by atomic mass is 79.9. The molecule has 0 amide bonds. The Labute approximate surface area is 89.9 Å². The maximum absolute atomic E-state index is 5.93. The minimum atomic E-state index is 0.568. The molecular weight excluding hydrogens is 249 g/mol. The lowest BCUT2D eigenvalue weighted by molar-refractivity contribution is 1.35. The van der Waals surface area contributed by atoms with Gasteiger partial charge in [-0.3, -0.25) is 0 Å². The molecule has 0 aliphatic carbocycles. The van der Waals surface area contributed by atoms with Crippen LogP contribution in [-0.2, 0) is 5.33 Å². The first-order valence-electron chi connectivity index (χ1n) is 3.90. The van der Waals surface area contributed by atoms with E-state index in [2.05, 4.69) is 27.0 Å². The number of benzene rings is 1. The van der Waals surface area contributed by atoms with Gasteiger partial charge in [0.2, 0.25) is 0 Å². The number of fused-ring (bicyclic) bond motifs is 1. The second-order valence-electron chi connectivity index (χ2n) is 2.79. The second kappa shape index (κ2) is 3.64. The maximum Gasteiger partial charge on any atom is 0.136 e. The van der Waals surface area contributed by atoms with E-state index in [0.29, 0.717) is 5.15 Å². The zero-order valence-electron chi connectivity index (χ0n) is 6.80. The number of alkyl halides is 1. The van der Waals surface area contributed by atoms with Gasteiger partial charge in [0, 0.05) is 16.9 Å². The van der Waals surface area contributed by atoms with Crippen LogP contribution in [-0.4, -0.2) is 4.98 Å². The Balaban J connectivity index is 2.72. The van der Waals surface area contributed by atoms with E-state index in [0.717, 1.165) is 16.1 Å². The Bertz CT molecular complexity index is 442. The molecule has 0 aliphatic heterocycles. The van der Waals surface area contributed by atoms with Gasteiger partial charge in [0.1, 0.15) is 5.15 Å². The van der Waals surface area contributed by atoms with Gasteiger partial charge < -0.3 is 0 Å². The molecule has 66 valence electrons. The average Bonchev–Trinajstić information content (AvgIpc) is 2.18. The molecule has 1 nitrogen and oxygen atoms in total. The lowest BCUT2D eigenvalue weighted by atomic mass is 10.1. The number of pyridine rings is 1. The summed E-state index contributed by atoms with van der Waals surface area (Å²) in [6.45, 7) is 0. The van der Waals surface area contributed by atoms with Crippen LogP contribution >= 0.6 is 27.5 Å². The van der Waals surface area contributed by atoms with Crippen LogP contribution in [0.25, 0.3) is 10.8 Å². The third-order valence-electron chi connectivity index (χ3n) is 1.93. The Hall–Kier alpha value is -0.600. The van der Waals surface area contributed by atoms with E-state index in [-0.39, 0.29) is 0 Å². The van der Waals surface area contributed by atoms with Gasteiger partial charge in [0.05, 0.1) is 0 Å². The van der Waals surface area contributed by atoms with E-state index in [1.54, 1.807) is 6.20 Å². The van der Waals surface area contributed by atoms with Crippen LogP contribution in [0.1, 0.15) is 5.56 Å².